The Labute approximate surface area is 149 Å². The molecule has 0 radical (unpaired) electrons. The highest BCUT2D eigenvalue weighted by molar-refractivity contribution is 5.75. The van der Waals surface area contributed by atoms with E-state index in [-0.39, 0.29) is 5.91 Å². The summed E-state index contributed by atoms with van der Waals surface area (Å²) in [6.45, 7) is 8.43. The van der Waals surface area contributed by atoms with Crippen LogP contribution in [0.25, 0.3) is 0 Å². The van der Waals surface area contributed by atoms with Crippen molar-refractivity contribution in [2.75, 3.05) is 44.2 Å². The first-order chi connectivity index (χ1) is 12.2. The molecule has 1 aromatic heterocycles. The highest BCUT2D eigenvalue weighted by Gasteiger charge is 2.16. The first-order valence-corrected chi connectivity index (χ1v) is 8.98. The molecule has 1 aliphatic rings. The van der Waals surface area contributed by atoms with Gasteiger partial charge >= 0.3 is 0 Å². The van der Waals surface area contributed by atoms with Crippen molar-refractivity contribution >= 4 is 11.6 Å². The fourth-order valence-electron chi connectivity index (χ4n) is 3.14. The molecule has 1 fully saturated rings. The number of aromatic nitrogens is 2. The predicted octanol–water partition coefficient (Wildman–Crippen LogP) is 1.52. The summed E-state index contributed by atoms with van der Waals surface area (Å²) in [7, 11) is 0. The molecule has 6 heteroatoms. The van der Waals surface area contributed by atoms with Gasteiger partial charge in [-0.15, -0.1) is 0 Å². The van der Waals surface area contributed by atoms with Crippen molar-refractivity contribution in [3.8, 4) is 0 Å². The largest absolute Gasteiger partial charge is 0.369 e. The van der Waals surface area contributed by atoms with Crippen LogP contribution in [-0.4, -0.2) is 59.6 Å². The zero-order valence-electron chi connectivity index (χ0n) is 14.9. The third-order valence-corrected chi connectivity index (χ3v) is 4.60. The number of para-hydroxylation sites is 1. The molecule has 0 aliphatic carbocycles. The lowest BCUT2D eigenvalue weighted by Crippen LogP contribution is -2.48. The maximum Gasteiger partial charge on any atom is 0.221 e. The minimum absolute atomic E-state index is 0.106. The number of aryl methyl sites for hydroxylation is 2. The highest BCUT2D eigenvalue weighted by Crippen LogP contribution is 2.15. The van der Waals surface area contributed by atoms with E-state index in [0.717, 1.165) is 38.4 Å². The van der Waals surface area contributed by atoms with Gasteiger partial charge in [-0.3, -0.25) is 9.69 Å². The number of rotatable bonds is 7. The summed E-state index contributed by atoms with van der Waals surface area (Å²) >= 11 is 0. The summed E-state index contributed by atoms with van der Waals surface area (Å²) in [5.41, 5.74) is 2.28. The Hall–Kier alpha value is -2.34. The molecule has 0 spiro atoms. The number of benzene rings is 1. The van der Waals surface area contributed by atoms with Crippen LogP contribution < -0.4 is 10.2 Å². The fraction of sp³-hybridized carbons (Fsp3) is 0.474. The number of carbonyl (C=O) groups excluding carboxylic acids is 1. The van der Waals surface area contributed by atoms with E-state index in [9.17, 15) is 4.79 Å². The average molecular weight is 341 g/mol. The van der Waals surface area contributed by atoms with Crippen molar-refractivity contribution < 1.29 is 4.79 Å². The molecule has 1 aromatic carbocycles. The van der Waals surface area contributed by atoms with Crippen LogP contribution in [0.4, 0.5) is 5.69 Å². The third kappa shape index (κ3) is 5.32. The topological polar surface area (TPSA) is 53.4 Å². The molecule has 1 amide bonds. The van der Waals surface area contributed by atoms with Gasteiger partial charge in [0, 0.05) is 64.1 Å². The van der Waals surface area contributed by atoms with Crippen LogP contribution in [0, 0.1) is 6.92 Å². The number of amides is 1. The van der Waals surface area contributed by atoms with E-state index in [1.165, 1.54) is 5.69 Å². The van der Waals surface area contributed by atoms with Crippen LogP contribution >= 0.6 is 0 Å². The van der Waals surface area contributed by atoms with Gasteiger partial charge in [0.1, 0.15) is 0 Å². The van der Waals surface area contributed by atoms with Crippen molar-refractivity contribution in [2.24, 2.45) is 0 Å². The number of carbonyl (C=O) groups is 1. The molecule has 1 N–H and O–H groups in total. The molecular weight excluding hydrogens is 314 g/mol. The van der Waals surface area contributed by atoms with Crippen LogP contribution in [0.2, 0.25) is 0 Å². The molecule has 2 aromatic rings. The number of piperazine rings is 1. The molecule has 0 saturated carbocycles. The van der Waals surface area contributed by atoms with E-state index in [4.69, 9.17) is 0 Å². The Kier molecular flexibility index (Phi) is 6.06. The van der Waals surface area contributed by atoms with Gasteiger partial charge in [-0.2, -0.15) is 0 Å². The number of hydrogen-bond acceptors (Lipinski definition) is 4. The summed E-state index contributed by atoms with van der Waals surface area (Å²) in [6.07, 6.45) is 4.23. The number of nitrogens with one attached hydrogen (secondary N) is 1. The second kappa shape index (κ2) is 8.67. The number of nitrogens with zero attached hydrogens (tertiary/aromatic N) is 4. The maximum absolute atomic E-state index is 11.9. The van der Waals surface area contributed by atoms with Crippen molar-refractivity contribution in [2.45, 2.75) is 19.9 Å². The monoisotopic (exact) mass is 341 g/mol. The second-order valence-electron chi connectivity index (χ2n) is 6.52. The van der Waals surface area contributed by atoms with Gasteiger partial charge in [0.25, 0.3) is 0 Å². The Morgan fingerprint density at radius 3 is 2.56 bits per heavy atom. The Morgan fingerprint density at radius 2 is 1.88 bits per heavy atom. The maximum atomic E-state index is 11.9. The van der Waals surface area contributed by atoms with Gasteiger partial charge < -0.3 is 14.8 Å². The number of hydrogen-bond donors (Lipinski definition) is 1. The number of imidazole rings is 1. The summed E-state index contributed by atoms with van der Waals surface area (Å²) in [5, 5.41) is 3.02. The smallest absolute Gasteiger partial charge is 0.221 e. The Balaban J connectivity index is 1.30. The van der Waals surface area contributed by atoms with Gasteiger partial charge in [0.05, 0.1) is 12.0 Å². The van der Waals surface area contributed by atoms with E-state index >= 15 is 0 Å². The lowest BCUT2D eigenvalue weighted by atomic mass is 10.2. The van der Waals surface area contributed by atoms with E-state index in [0.29, 0.717) is 19.5 Å². The van der Waals surface area contributed by atoms with Gasteiger partial charge in [-0.25, -0.2) is 4.98 Å². The second-order valence-corrected chi connectivity index (χ2v) is 6.52. The van der Waals surface area contributed by atoms with Gasteiger partial charge in [-0.1, -0.05) is 18.2 Å². The fourth-order valence-corrected chi connectivity index (χ4v) is 3.14. The average Bonchev–Trinajstić information content (AvgIpc) is 3.07. The molecule has 0 bridgehead atoms. The molecule has 134 valence electrons. The molecule has 1 saturated heterocycles. The standard InChI is InChI=1S/C19H27N5O/c1-17-15-23(16-21-17)9-7-19(25)20-8-10-22-11-13-24(14-12-22)18-5-3-2-4-6-18/h2-6,15-16H,7-14H2,1H3,(H,20,25). The van der Waals surface area contributed by atoms with Crippen LogP contribution in [0.1, 0.15) is 12.1 Å². The molecule has 0 unspecified atom stereocenters. The zero-order valence-corrected chi connectivity index (χ0v) is 14.9. The minimum atomic E-state index is 0.106. The first kappa shape index (κ1) is 17.5. The van der Waals surface area contributed by atoms with E-state index in [2.05, 4.69) is 50.4 Å². The van der Waals surface area contributed by atoms with Crippen molar-refractivity contribution in [1.82, 2.24) is 19.8 Å². The van der Waals surface area contributed by atoms with Crippen LogP contribution in [0.5, 0.6) is 0 Å². The molecule has 6 nitrogen and oxygen atoms in total. The Bertz CT molecular complexity index is 661. The molecular formula is C19H27N5O. The third-order valence-electron chi connectivity index (χ3n) is 4.60. The molecule has 1 aliphatic heterocycles. The van der Waals surface area contributed by atoms with Gasteiger partial charge in [0.2, 0.25) is 5.91 Å². The summed E-state index contributed by atoms with van der Waals surface area (Å²) in [4.78, 5) is 20.9. The summed E-state index contributed by atoms with van der Waals surface area (Å²) < 4.78 is 1.96. The molecule has 3 rings (SSSR count). The highest BCUT2D eigenvalue weighted by atomic mass is 16.1. The Morgan fingerprint density at radius 1 is 1.12 bits per heavy atom. The van der Waals surface area contributed by atoms with Crippen LogP contribution in [0.3, 0.4) is 0 Å². The number of anilines is 1. The predicted molar refractivity (Wildman–Crippen MR) is 99.7 cm³/mol. The first-order valence-electron chi connectivity index (χ1n) is 8.98. The molecule has 0 atom stereocenters. The van der Waals surface area contributed by atoms with Crippen LogP contribution in [-0.2, 0) is 11.3 Å². The lowest BCUT2D eigenvalue weighted by Gasteiger charge is -2.36. The van der Waals surface area contributed by atoms with Crippen molar-refractivity contribution in [3.63, 3.8) is 0 Å². The lowest BCUT2D eigenvalue weighted by molar-refractivity contribution is -0.121. The van der Waals surface area contributed by atoms with Crippen molar-refractivity contribution in [1.29, 1.82) is 0 Å². The van der Waals surface area contributed by atoms with Crippen molar-refractivity contribution in [3.05, 3.63) is 48.5 Å². The zero-order chi connectivity index (χ0) is 17.5. The van der Waals surface area contributed by atoms with Crippen LogP contribution in [0.15, 0.2) is 42.9 Å². The summed E-state index contributed by atoms with van der Waals surface area (Å²) in [6, 6.07) is 10.6. The van der Waals surface area contributed by atoms with E-state index < -0.39 is 0 Å². The SMILES string of the molecule is Cc1cn(CCC(=O)NCCN2CCN(c3ccccc3)CC2)cn1. The molecule has 25 heavy (non-hydrogen) atoms. The van der Waals surface area contributed by atoms with Gasteiger partial charge in [-0.05, 0) is 19.1 Å². The van der Waals surface area contributed by atoms with E-state index in [1.54, 1.807) is 6.33 Å². The van der Waals surface area contributed by atoms with Gasteiger partial charge in [0.15, 0.2) is 0 Å². The normalized spacial score (nSPS) is 15.3. The van der Waals surface area contributed by atoms with E-state index in [1.807, 2.05) is 17.7 Å². The minimum Gasteiger partial charge on any atom is -0.369 e. The quantitative estimate of drug-likeness (QED) is 0.830. The summed E-state index contributed by atoms with van der Waals surface area (Å²) in [5.74, 6) is 0.106. The molecule has 2 heterocycles.